The van der Waals surface area contributed by atoms with Crippen LogP contribution in [0.15, 0.2) is 48.8 Å². The highest BCUT2D eigenvalue weighted by Gasteiger charge is 2.04. The van der Waals surface area contributed by atoms with Crippen molar-refractivity contribution in [2.24, 2.45) is 0 Å². The van der Waals surface area contributed by atoms with Crippen molar-refractivity contribution in [3.63, 3.8) is 0 Å². The number of hydrogen-bond acceptors (Lipinski definition) is 3. The predicted octanol–water partition coefficient (Wildman–Crippen LogP) is 2.96. The van der Waals surface area contributed by atoms with Gasteiger partial charge < -0.3 is 9.30 Å². The first-order valence-electron chi connectivity index (χ1n) is 6.28. The molecule has 20 heavy (non-hydrogen) atoms. The number of methoxy groups -OCH3 is 1. The maximum absolute atomic E-state index is 8.80. The zero-order valence-corrected chi connectivity index (χ0v) is 11.1. The van der Waals surface area contributed by atoms with E-state index in [-0.39, 0.29) is 0 Å². The second-order valence-corrected chi connectivity index (χ2v) is 4.54. The fourth-order valence-corrected chi connectivity index (χ4v) is 2.18. The molecule has 0 aliphatic carbocycles. The Kier molecular flexibility index (Phi) is 3.10. The number of hydrogen-bond donors (Lipinski definition) is 0. The maximum atomic E-state index is 8.80. The molecule has 1 heterocycles. The van der Waals surface area contributed by atoms with Crippen LogP contribution in [0.5, 0.6) is 5.75 Å². The van der Waals surface area contributed by atoms with Crippen LogP contribution in [-0.2, 0) is 6.54 Å². The van der Waals surface area contributed by atoms with Crippen LogP contribution in [0, 0.1) is 11.3 Å². The first-order chi connectivity index (χ1) is 9.80. The summed E-state index contributed by atoms with van der Waals surface area (Å²) in [5.74, 6) is 0.807. The Bertz CT molecular complexity index is 782. The molecule has 0 bridgehead atoms. The van der Waals surface area contributed by atoms with E-state index in [9.17, 15) is 0 Å². The molecule has 0 radical (unpaired) electrons. The van der Waals surface area contributed by atoms with E-state index in [0.29, 0.717) is 5.56 Å². The van der Waals surface area contributed by atoms with E-state index >= 15 is 0 Å². The lowest BCUT2D eigenvalue weighted by molar-refractivity contribution is 0.415. The second kappa shape index (κ2) is 5.06. The van der Waals surface area contributed by atoms with Crippen molar-refractivity contribution in [3.8, 4) is 11.8 Å². The summed E-state index contributed by atoms with van der Waals surface area (Å²) >= 11 is 0. The SMILES string of the molecule is COc1ccc2c(c1)ncn2Cc1ccc(C#N)cc1. The molecule has 0 amide bonds. The zero-order valence-electron chi connectivity index (χ0n) is 11.1. The Morgan fingerprint density at radius 3 is 2.70 bits per heavy atom. The molecule has 0 unspecified atom stereocenters. The molecular weight excluding hydrogens is 250 g/mol. The minimum absolute atomic E-state index is 0.675. The van der Waals surface area contributed by atoms with Crippen LogP contribution in [-0.4, -0.2) is 16.7 Å². The minimum Gasteiger partial charge on any atom is -0.497 e. The molecule has 3 aromatic rings. The molecule has 0 atom stereocenters. The Morgan fingerprint density at radius 2 is 2.00 bits per heavy atom. The lowest BCUT2D eigenvalue weighted by Gasteiger charge is -2.05. The average molecular weight is 263 g/mol. The van der Waals surface area contributed by atoms with Crippen molar-refractivity contribution in [1.29, 1.82) is 5.26 Å². The van der Waals surface area contributed by atoms with Gasteiger partial charge in [-0.1, -0.05) is 12.1 Å². The molecule has 0 N–H and O–H groups in total. The van der Waals surface area contributed by atoms with Gasteiger partial charge in [0.2, 0.25) is 0 Å². The number of rotatable bonds is 3. The predicted molar refractivity (Wildman–Crippen MR) is 76.5 cm³/mol. The number of nitriles is 1. The molecule has 0 saturated carbocycles. The highest BCUT2D eigenvalue weighted by molar-refractivity contribution is 5.77. The first kappa shape index (κ1) is 12.2. The number of aromatic nitrogens is 2. The third kappa shape index (κ3) is 2.21. The monoisotopic (exact) mass is 263 g/mol. The summed E-state index contributed by atoms with van der Waals surface area (Å²) < 4.78 is 7.27. The molecule has 0 saturated heterocycles. The van der Waals surface area contributed by atoms with Gasteiger partial charge in [-0.25, -0.2) is 4.98 Å². The molecule has 3 rings (SSSR count). The summed E-state index contributed by atoms with van der Waals surface area (Å²) in [6.07, 6.45) is 1.82. The number of fused-ring (bicyclic) bond motifs is 1. The highest BCUT2D eigenvalue weighted by atomic mass is 16.5. The smallest absolute Gasteiger partial charge is 0.121 e. The van der Waals surface area contributed by atoms with Gasteiger partial charge in [0.25, 0.3) is 0 Å². The van der Waals surface area contributed by atoms with Gasteiger partial charge in [0, 0.05) is 12.6 Å². The minimum atomic E-state index is 0.675. The molecule has 2 aromatic carbocycles. The van der Waals surface area contributed by atoms with E-state index in [1.54, 1.807) is 7.11 Å². The van der Waals surface area contributed by atoms with E-state index in [2.05, 4.69) is 15.6 Å². The van der Waals surface area contributed by atoms with Crippen LogP contribution >= 0.6 is 0 Å². The van der Waals surface area contributed by atoms with Gasteiger partial charge in [-0.3, -0.25) is 0 Å². The van der Waals surface area contributed by atoms with Crippen LogP contribution < -0.4 is 4.74 Å². The van der Waals surface area contributed by atoms with Crippen LogP contribution in [0.4, 0.5) is 0 Å². The van der Waals surface area contributed by atoms with Crippen molar-refractivity contribution in [3.05, 3.63) is 59.9 Å². The Hall–Kier alpha value is -2.80. The van der Waals surface area contributed by atoms with E-state index in [1.807, 2.05) is 48.8 Å². The summed E-state index contributed by atoms with van der Waals surface area (Å²) in [6.45, 7) is 0.731. The summed E-state index contributed by atoms with van der Waals surface area (Å²) in [7, 11) is 1.65. The molecule has 0 fully saturated rings. The van der Waals surface area contributed by atoms with E-state index in [4.69, 9.17) is 10.00 Å². The van der Waals surface area contributed by atoms with Crippen LogP contribution in [0.3, 0.4) is 0 Å². The van der Waals surface area contributed by atoms with Gasteiger partial charge >= 0.3 is 0 Å². The Balaban J connectivity index is 1.92. The molecule has 4 nitrogen and oxygen atoms in total. The standard InChI is InChI=1S/C16H13N3O/c1-20-14-6-7-16-15(8-14)18-11-19(16)10-13-4-2-12(9-17)3-5-13/h2-8,11H,10H2,1H3. The maximum Gasteiger partial charge on any atom is 0.121 e. The van der Waals surface area contributed by atoms with E-state index in [1.165, 1.54) is 0 Å². The Labute approximate surface area is 116 Å². The average Bonchev–Trinajstić information content (AvgIpc) is 2.90. The van der Waals surface area contributed by atoms with E-state index in [0.717, 1.165) is 28.9 Å². The van der Waals surface area contributed by atoms with Crippen molar-refractivity contribution >= 4 is 11.0 Å². The van der Waals surface area contributed by atoms with Gasteiger partial charge in [-0.2, -0.15) is 5.26 Å². The van der Waals surface area contributed by atoms with Crippen LogP contribution in [0.2, 0.25) is 0 Å². The summed E-state index contributed by atoms with van der Waals surface area (Å²) in [6, 6.07) is 15.6. The topological polar surface area (TPSA) is 50.8 Å². The summed E-state index contributed by atoms with van der Waals surface area (Å²) in [5.41, 5.74) is 3.79. The fourth-order valence-electron chi connectivity index (χ4n) is 2.18. The number of nitrogens with zero attached hydrogens (tertiary/aromatic N) is 3. The second-order valence-electron chi connectivity index (χ2n) is 4.54. The molecular formula is C16H13N3O. The van der Waals surface area contributed by atoms with E-state index < -0.39 is 0 Å². The Morgan fingerprint density at radius 1 is 1.20 bits per heavy atom. The lowest BCUT2D eigenvalue weighted by atomic mass is 10.1. The fraction of sp³-hybridized carbons (Fsp3) is 0.125. The first-order valence-corrected chi connectivity index (χ1v) is 6.28. The van der Waals surface area contributed by atoms with Gasteiger partial charge in [0.1, 0.15) is 5.75 Å². The van der Waals surface area contributed by atoms with Crippen LogP contribution in [0.25, 0.3) is 11.0 Å². The van der Waals surface area contributed by atoms with Crippen LogP contribution in [0.1, 0.15) is 11.1 Å². The quantitative estimate of drug-likeness (QED) is 0.730. The lowest BCUT2D eigenvalue weighted by Crippen LogP contribution is -1.97. The molecule has 98 valence electrons. The van der Waals surface area contributed by atoms with Crippen molar-refractivity contribution in [2.75, 3.05) is 7.11 Å². The van der Waals surface area contributed by atoms with Gasteiger partial charge in [-0.05, 0) is 29.8 Å². The zero-order chi connectivity index (χ0) is 13.9. The highest BCUT2D eigenvalue weighted by Crippen LogP contribution is 2.20. The van der Waals surface area contributed by atoms with Crippen molar-refractivity contribution < 1.29 is 4.74 Å². The van der Waals surface area contributed by atoms with Crippen molar-refractivity contribution in [2.45, 2.75) is 6.54 Å². The van der Waals surface area contributed by atoms with Gasteiger partial charge in [-0.15, -0.1) is 0 Å². The third-order valence-corrected chi connectivity index (χ3v) is 3.26. The normalized spacial score (nSPS) is 10.4. The van der Waals surface area contributed by atoms with Gasteiger partial charge in [0.15, 0.2) is 0 Å². The summed E-state index contributed by atoms with van der Waals surface area (Å²) in [5, 5.41) is 8.80. The molecule has 0 aliphatic heterocycles. The number of imidazole rings is 1. The summed E-state index contributed by atoms with van der Waals surface area (Å²) in [4.78, 5) is 4.39. The number of ether oxygens (including phenoxy) is 1. The molecule has 0 spiro atoms. The molecule has 4 heteroatoms. The third-order valence-electron chi connectivity index (χ3n) is 3.26. The number of benzene rings is 2. The molecule has 0 aliphatic rings. The molecule has 1 aromatic heterocycles. The largest absolute Gasteiger partial charge is 0.497 e. The van der Waals surface area contributed by atoms with Gasteiger partial charge in [0.05, 0.1) is 36.1 Å². The van der Waals surface area contributed by atoms with Crippen molar-refractivity contribution in [1.82, 2.24) is 9.55 Å².